The Hall–Kier alpha value is -1.61. The molecule has 0 heterocycles. The number of methoxy groups -OCH3 is 1. The quantitative estimate of drug-likeness (QED) is 0.721. The number of alkyl halides is 9. The molecular formula is C11H7F9O. The smallest absolute Gasteiger partial charge is 0.416 e. The van der Waals surface area contributed by atoms with E-state index in [1.54, 1.807) is 0 Å². The Morgan fingerprint density at radius 3 is 1.24 bits per heavy atom. The third-order valence-electron chi connectivity index (χ3n) is 2.80. The Morgan fingerprint density at radius 1 is 0.667 bits per heavy atom. The summed E-state index contributed by atoms with van der Waals surface area (Å²) in [5.74, 6) is -0.181. The Balaban J connectivity index is 3.72. The molecule has 1 nitrogen and oxygen atoms in total. The van der Waals surface area contributed by atoms with Gasteiger partial charge in [0.15, 0.2) is 0 Å². The number of hydrogen-bond donors (Lipinski definition) is 0. The van der Waals surface area contributed by atoms with Gasteiger partial charge in [-0.05, 0) is 17.7 Å². The minimum Gasteiger partial charge on any atom is -0.497 e. The highest BCUT2D eigenvalue weighted by atomic mass is 19.4. The van der Waals surface area contributed by atoms with Crippen molar-refractivity contribution >= 4 is 0 Å². The summed E-state index contributed by atoms with van der Waals surface area (Å²) in [5.41, 5.74) is -7.94. The van der Waals surface area contributed by atoms with Gasteiger partial charge < -0.3 is 4.74 Å². The van der Waals surface area contributed by atoms with Crippen molar-refractivity contribution in [3.63, 3.8) is 0 Å². The summed E-state index contributed by atoms with van der Waals surface area (Å²) in [6, 6.07) is 1.36. The summed E-state index contributed by atoms with van der Waals surface area (Å²) in [4.78, 5) is 0. The number of rotatable bonds is 2. The van der Waals surface area contributed by atoms with Crippen molar-refractivity contribution in [1.82, 2.24) is 0 Å². The van der Waals surface area contributed by atoms with Crippen LogP contribution >= 0.6 is 0 Å². The molecular weight excluding hydrogens is 319 g/mol. The third kappa shape index (κ3) is 2.62. The molecule has 0 atom stereocenters. The van der Waals surface area contributed by atoms with Gasteiger partial charge >= 0.3 is 18.5 Å². The van der Waals surface area contributed by atoms with E-state index in [4.69, 9.17) is 0 Å². The highest BCUT2D eigenvalue weighted by Gasteiger charge is 2.84. The van der Waals surface area contributed by atoms with Crippen molar-refractivity contribution in [2.45, 2.75) is 23.9 Å². The lowest BCUT2D eigenvalue weighted by atomic mass is 9.78. The van der Waals surface area contributed by atoms with Crippen LogP contribution in [0.2, 0.25) is 0 Å². The Kier molecular flexibility index (Phi) is 4.14. The van der Waals surface area contributed by atoms with E-state index >= 15 is 0 Å². The van der Waals surface area contributed by atoms with Crippen LogP contribution in [0.4, 0.5) is 39.5 Å². The Labute approximate surface area is 112 Å². The van der Waals surface area contributed by atoms with Crippen LogP contribution in [-0.2, 0) is 5.41 Å². The number of benzene rings is 1. The van der Waals surface area contributed by atoms with Crippen LogP contribution in [0.1, 0.15) is 5.56 Å². The van der Waals surface area contributed by atoms with E-state index in [9.17, 15) is 39.5 Å². The standard InChI is InChI=1S/C11H7F9O/c1-21-7-4-2-6(3-5-7)8(9(12,13)14,10(15,16)17)11(18,19)20/h2-5H,1H3. The molecule has 0 aromatic heterocycles. The van der Waals surface area contributed by atoms with Crippen molar-refractivity contribution in [2.24, 2.45) is 0 Å². The van der Waals surface area contributed by atoms with Crippen molar-refractivity contribution in [1.29, 1.82) is 0 Å². The summed E-state index contributed by atoms with van der Waals surface area (Å²) in [6.45, 7) is 0. The molecule has 0 radical (unpaired) electrons. The zero-order valence-corrected chi connectivity index (χ0v) is 10.1. The Bertz CT molecular complexity index is 444. The number of hydrogen-bond acceptors (Lipinski definition) is 1. The van der Waals surface area contributed by atoms with E-state index in [0.717, 1.165) is 7.11 Å². The molecule has 1 aromatic carbocycles. The molecule has 0 N–H and O–H groups in total. The molecule has 0 fully saturated rings. The molecule has 1 aromatic rings. The lowest BCUT2D eigenvalue weighted by molar-refractivity contribution is -0.387. The van der Waals surface area contributed by atoms with Gasteiger partial charge in [0.25, 0.3) is 5.41 Å². The van der Waals surface area contributed by atoms with Crippen molar-refractivity contribution in [2.75, 3.05) is 7.11 Å². The van der Waals surface area contributed by atoms with Gasteiger partial charge in [-0.15, -0.1) is 0 Å². The van der Waals surface area contributed by atoms with Gasteiger partial charge in [0.05, 0.1) is 7.11 Å². The fourth-order valence-corrected chi connectivity index (χ4v) is 1.81. The molecule has 0 saturated carbocycles. The maximum Gasteiger partial charge on any atom is 0.416 e. The van der Waals surface area contributed by atoms with Crippen LogP contribution in [-0.4, -0.2) is 25.6 Å². The van der Waals surface area contributed by atoms with Crippen LogP contribution in [0.3, 0.4) is 0 Å². The molecule has 0 spiro atoms. The largest absolute Gasteiger partial charge is 0.497 e. The van der Waals surface area contributed by atoms with E-state index in [0.29, 0.717) is 12.1 Å². The zero-order chi connectivity index (χ0) is 16.7. The minimum absolute atomic E-state index is 0.0906. The molecule has 1 rings (SSSR count). The first kappa shape index (κ1) is 17.4. The van der Waals surface area contributed by atoms with Gasteiger partial charge in [-0.1, -0.05) is 12.1 Å². The summed E-state index contributed by atoms with van der Waals surface area (Å²) >= 11 is 0. The molecule has 10 heteroatoms. The monoisotopic (exact) mass is 326 g/mol. The van der Waals surface area contributed by atoms with Gasteiger partial charge in [-0.25, -0.2) is 0 Å². The predicted molar refractivity (Wildman–Crippen MR) is 52.8 cm³/mol. The van der Waals surface area contributed by atoms with Crippen molar-refractivity contribution < 1.29 is 44.3 Å². The summed E-state index contributed by atoms with van der Waals surface area (Å²) in [7, 11) is 1.06. The molecule has 0 aliphatic carbocycles. The average Bonchev–Trinajstić information content (AvgIpc) is 2.24. The fraction of sp³-hybridized carbons (Fsp3) is 0.455. The molecule has 0 unspecified atom stereocenters. The highest BCUT2D eigenvalue weighted by molar-refractivity contribution is 5.37. The SMILES string of the molecule is COc1ccc(C(C(F)(F)F)(C(F)(F)F)C(F)(F)F)cc1. The lowest BCUT2D eigenvalue weighted by Crippen LogP contribution is -2.63. The fourth-order valence-electron chi connectivity index (χ4n) is 1.81. The van der Waals surface area contributed by atoms with E-state index in [1.807, 2.05) is 0 Å². The zero-order valence-electron chi connectivity index (χ0n) is 10.1. The van der Waals surface area contributed by atoms with E-state index in [-0.39, 0.29) is 17.9 Å². The molecule has 0 aliphatic heterocycles. The maximum absolute atomic E-state index is 12.8. The first-order valence-electron chi connectivity index (χ1n) is 5.13. The summed E-state index contributed by atoms with van der Waals surface area (Å²) in [5, 5.41) is 0. The third-order valence-corrected chi connectivity index (χ3v) is 2.80. The number of ether oxygens (including phenoxy) is 1. The second-order valence-electron chi connectivity index (χ2n) is 3.97. The molecule has 0 amide bonds. The second kappa shape index (κ2) is 4.99. The normalized spacial score (nSPS) is 14.2. The summed E-state index contributed by atoms with van der Waals surface area (Å²) in [6.07, 6.45) is -19.8. The molecule has 0 bridgehead atoms. The van der Waals surface area contributed by atoms with Gasteiger partial charge in [0.2, 0.25) is 0 Å². The van der Waals surface area contributed by atoms with Crippen LogP contribution in [0.25, 0.3) is 0 Å². The van der Waals surface area contributed by atoms with Gasteiger partial charge in [0, 0.05) is 0 Å². The van der Waals surface area contributed by atoms with Gasteiger partial charge in [-0.3, -0.25) is 0 Å². The van der Waals surface area contributed by atoms with Crippen LogP contribution in [0.5, 0.6) is 5.75 Å². The van der Waals surface area contributed by atoms with Crippen molar-refractivity contribution in [3.8, 4) is 5.75 Å². The van der Waals surface area contributed by atoms with E-state index in [1.165, 1.54) is 0 Å². The molecule has 0 saturated heterocycles. The Morgan fingerprint density at radius 2 is 1.00 bits per heavy atom. The topological polar surface area (TPSA) is 9.23 Å². The van der Waals surface area contributed by atoms with Crippen LogP contribution < -0.4 is 4.74 Å². The predicted octanol–water partition coefficient (Wildman–Crippen LogP) is 4.62. The molecule has 0 aliphatic rings. The van der Waals surface area contributed by atoms with Gasteiger partial charge in [-0.2, -0.15) is 39.5 Å². The highest BCUT2D eigenvalue weighted by Crippen LogP contribution is 2.60. The minimum atomic E-state index is -6.61. The summed E-state index contributed by atoms with van der Waals surface area (Å²) < 4.78 is 119. The lowest BCUT2D eigenvalue weighted by Gasteiger charge is -2.38. The first-order chi connectivity index (χ1) is 9.29. The first-order valence-corrected chi connectivity index (χ1v) is 5.13. The van der Waals surface area contributed by atoms with E-state index in [2.05, 4.69) is 4.74 Å². The maximum atomic E-state index is 12.8. The van der Waals surface area contributed by atoms with E-state index < -0.39 is 29.5 Å². The van der Waals surface area contributed by atoms with Gasteiger partial charge in [0.1, 0.15) is 5.75 Å². The van der Waals surface area contributed by atoms with Crippen LogP contribution in [0.15, 0.2) is 24.3 Å². The molecule has 21 heavy (non-hydrogen) atoms. The molecule has 120 valence electrons. The second-order valence-corrected chi connectivity index (χ2v) is 3.97. The average molecular weight is 326 g/mol. The van der Waals surface area contributed by atoms with Crippen LogP contribution in [0, 0.1) is 0 Å². The van der Waals surface area contributed by atoms with Crippen molar-refractivity contribution in [3.05, 3.63) is 29.8 Å². The number of halogens is 9.